The van der Waals surface area contributed by atoms with Crippen molar-refractivity contribution in [2.75, 3.05) is 6.54 Å². The van der Waals surface area contributed by atoms with Gasteiger partial charge in [-0.1, -0.05) is 49.7 Å². The lowest BCUT2D eigenvalue weighted by Gasteiger charge is -2.30. The molecule has 228 valence electrons. The number of carbonyl (C=O) groups excluding carboxylic acids is 2. The highest BCUT2D eigenvalue weighted by Gasteiger charge is 2.29. The fourth-order valence-electron chi connectivity index (χ4n) is 4.68. The normalized spacial score (nSPS) is 12.7. The van der Waals surface area contributed by atoms with Crippen LogP contribution >= 0.6 is 0 Å². The summed E-state index contributed by atoms with van der Waals surface area (Å²) in [5.41, 5.74) is -0.752. The number of benzene rings is 2. The highest BCUT2D eigenvalue weighted by Crippen LogP contribution is 2.30. The first-order chi connectivity index (χ1) is 20.5. The van der Waals surface area contributed by atoms with E-state index in [4.69, 9.17) is 9.47 Å². The van der Waals surface area contributed by atoms with E-state index in [0.29, 0.717) is 12.8 Å². The van der Waals surface area contributed by atoms with Gasteiger partial charge in [-0.2, -0.15) is 0 Å². The predicted molar refractivity (Wildman–Crippen MR) is 151 cm³/mol. The van der Waals surface area contributed by atoms with Gasteiger partial charge < -0.3 is 20.1 Å². The number of halogens is 4. The van der Waals surface area contributed by atoms with Gasteiger partial charge in [0.25, 0.3) is 12.3 Å². The smallest absolute Gasteiger partial charge is 0.407 e. The molecule has 0 radical (unpaired) electrons. The molecule has 0 bridgehead atoms. The molecule has 2 aromatic heterocycles. The third-order valence-corrected chi connectivity index (χ3v) is 6.84. The van der Waals surface area contributed by atoms with Gasteiger partial charge in [-0.3, -0.25) is 9.20 Å². The summed E-state index contributed by atoms with van der Waals surface area (Å²) in [6, 6.07) is 13.5. The molecular weight excluding hydrogens is 568 g/mol. The van der Waals surface area contributed by atoms with E-state index in [0.717, 1.165) is 34.4 Å². The summed E-state index contributed by atoms with van der Waals surface area (Å²) in [6.45, 7) is 4.68. The number of fused-ring (bicyclic) bond motifs is 1. The molecule has 1 unspecified atom stereocenters. The predicted octanol–water partition coefficient (Wildman–Crippen LogP) is 6.65. The zero-order valence-corrected chi connectivity index (χ0v) is 23.9. The van der Waals surface area contributed by atoms with E-state index in [2.05, 4.69) is 15.6 Å². The van der Waals surface area contributed by atoms with Crippen LogP contribution in [0, 0.1) is 18.6 Å². The van der Waals surface area contributed by atoms with Crippen molar-refractivity contribution >= 4 is 17.6 Å². The minimum absolute atomic E-state index is 0.00274. The molecule has 0 saturated carbocycles. The van der Waals surface area contributed by atoms with Crippen LogP contribution in [0.25, 0.3) is 5.65 Å². The Morgan fingerprint density at radius 1 is 1.05 bits per heavy atom. The Hall–Kier alpha value is -4.61. The van der Waals surface area contributed by atoms with Gasteiger partial charge in [0.05, 0.1) is 16.8 Å². The molecule has 2 N–H and O–H groups in total. The number of nitrogens with zero attached hydrogens (tertiary/aromatic N) is 2. The highest BCUT2D eigenvalue weighted by molar-refractivity contribution is 5.95. The number of carbonyl (C=O) groups is 2. The van der Waals surface area contributed by atoms with Crippen molar-refractivity contribution in [1.29, 1.82) is 0 Å². The average Bonchev–Trinajstić information content (AvgIpc) is 3.31. The van der Waals surface area contributed by atoms with Gasteiger partial charge in [-0.15, -0.1) is 0 Å². The van der Waals surface area contributed by atoms with Gasteiger partial charge in [-0.05, 0) is 44.0 Å². The van der Waals surface area contributed by atoms with E-state index >= 15 is 0 Å². The summed E-state index contributed by atoms with van der Waals surface area (Å²) in [5, 5.41) is 5.58. The molecule has 43 heavy (non-hydrogen) atoms. The average molecular weight is 601 g/mol. The van der Waals surface area contributed by atoms with Gasteiger partial charge in [0.1, 0.15) is 30.5 Å². The van der Waals surface area contributed by atoms with Crippen molar-refractivity contribution in [1.82, 2.24) is 20.0 Å². The van der Waals surface area contributed by atoms with Gasteiger partial charge in [-0.25, -0.2) is 27.3 Å². The van der Waals surface area contributed by atoms with E-state index in [1.807, 2.05) is 37.3 Å². The Labute approximate surface area is 246 Å². The second kappa shape index (κ2) is 13.6. The molecule has 12 heteroatoms. The number of hydrogen-bond donors (Lipinski definition) is 2. The van der Waals surface area contributed by atoms with Gasteiger partial charge in [0.15, 0.2) is 11.4 Å². The molecule has 2 aromatic carbocycles. The molecule has 2 heterocycles. The number of amides is 2. The zero-order valence-electron chi connectivity index (χ0n) is 23.9. The summed E-state index contributed by atoms with van der Waals surface area (Å²) in [5.74, 6) is -2.52. The number of ether oxygens (including phenoxy) is 2. The van der Waals surface area contributed by atoms with Crippen LogP contribution in [-0.2, 0) is 18.0 Å². The van der Waals surface area contributed by atoms with E-state index in [1.54, 1.807) is 6.92 Å². The Kier molecular flexibility index (Phi) is 9.89. The van der Waals surface area contributed by atoms with Crippen LogP contribution in [0.15, 0.2) is 60.8 Å². The maximum atomic E-state index is 14.1. The summed E-state index contributed by atoms with van der Waals surface area (Å²) in [6.07, 6.45) is -1.35. The van der Waals surface area contributed by atoms with Crippen molar-refractivity contribution in [2.24, 2.45) is 0 Å². The van der Waals surface area contributed by atoms with E-state index in [1.165, 1.54) is 13.0 Å². The third kappa shape index (κ3) is 7.62. The lowest BCUT2D eigenvalue weighted by Crippen LogP contribution is -2.53. The lowest BCUT2D eigenvalue weighted by atomic mass is 9.96. The summed E-state index contributed by atoms with van der Waals surface area (Å²) < 4.78 is 68.0. The minimum atomic E-state index is -2.94. The highest BCUT2D eigenvalue weighted by atomic mass is 19.3. The third-order valence-electron chi connectivity index (χ3n) is 6.84. The van der Waals surface area contributed by atoms with Crippen molar-refractivity contribution in [3.8, 4) is 5.75 Å². The zero-order chi connectivity index (χ0) is 31.1. The molecule has 0 saturated heterocycles. The van der Waals surface area contributed by atoms with Crippen molar-refractivity contribution in [3.05, 3.63) is 101 Å². The first-order valence-corrected chi connectivity index (χ1v) is 13.6. The topological polar surface area (TPSA) is 94.0 Å². The molecule has 4 aromatic rings. The largest absolute Gasteiger partial charge is 0.485 e. The number of pyridine rings is 1. The number of alkyl carbamates (subject to hydrolysis) is 1. The van der Waals surface area contributed by atoms with E-state index in [-0.39, 0.29) is 41.5 Å². The molecule has 8 nitrogen and oxygen atoms in total. The standard InChI is InChI=1S/C31H32F4N4O4/c1-4-13-31(3,38-30(41)43-16-20-9-6-5-7-10-20)18-36-29(40)26-19(2)37-28-25(14-21(27(34)35)15-39(26)28)42-17-22-23(32)11-8-12-24(22)33/h5-12,14-15,27H,4,13,16-18H2,1-3H3,(H,36,40)(H,38,41). The number of aromatic nitrogens is 2. The van der Waals surface area contributed by atoms with Crippen molar-refractivity contribution in [3.63, 3.8) is 0 Å². The van der Waals surface area contributed by atoms with Crippen LogP contribution in [-0.4, -0.2) is 33.5 Å². The van der Waals surface area contributed by atoms with Crippen LogP contribution in [0.4, 0.5) is 22.4 Å². The summed E-state index contributed by atoms with van der Waals surface area (Å²) in [7, 11) is 0. The fraction of sp³-hybridized carbons (Fsp3) is 0.323. The number of hydrogen-bond acceptors (Lipinski definition) is 5. The Morgan fingerprint density at radius 3 is 2.40 bits per heavy atom. The molecule has 2 amide bonds. The maximum Gasteiger partial charge on any atom is 0.407 e. The van der Waals surface area contributed by atoms with Gasteiger partial charge in [0.2, 0.25) is 0 Å². The molecule has 0 aliphatic rings. The monoisotopic (exact) mass is 600 g/mol. The first kappa shape index (κ1) is 31.3. The number of imidazole rings is 1. The number of alkyl halides is 2. The van der Waals surface area contributed by atoms with Gasteiger partial charge >= 0.3 is 6.09 Å². The maximum absolute atomic E-state index is 14.1. The lowest BCUT2D eigenvalue weighted by molar-refractivity contribution is 0.0921. The quantitative estimate of drug-likeness (QED) is 0.178. The number of rotatable bonds is 12. The molecule has 0 spiro atoms. The minimum Gasteiger partial charge on any atom is -0.485 e. The molecular formula is C31H32F4N4O4. The van der Waals surface area contributed by atoms with Gasteiger partial charge in [0, 0.05) is 18.3 Å². The summed E-state index contributed by atoms with van der Waals surface area (Å²) >= 11 is 0. The Balaban J connectivity index is 1.53. The fourth-order valence-corrected chi connectivity index (χ4v) is 4.68. The van der Waals surface area contributed by atoms with Crippen molar-refractivity contribution in [2.45, 2.75) is 58.8 Å². The first-order valence-electron chi connectivity index (χ1n) is 13.6. The Morgan fingerprint density at radius 2 is 1.74 bits per heavy atom. The van der Waals surface area contributed by atoms with Crippen LogP contribution < -0.4 is 15.4 Å². The summed E-state index contributed by atoms with van der Waals surface area (Å²) in [4.78, 5) is 30.3. The molecule has 0 aliphatic heterocycles. The van der Waals surface area contributed by atoms with Crippen LogP contribution in [0.1, 0.15) is 66.0 Å². The van der Waals surface area contributed by atoms with Crippen LogP contribution in [0.5, 0.6) is 5.75 Å². The number of aryl methyl sites for hydroxylation is 1. The molecule has 0 fully saturated rings. The molecule has 4 rings (SSSR count). The molecule has 0 aliphatic carbocycles. The Bertz CT molecular complexity index is 1580. The van der Waals surface area contributed by atoms with Crippen LogP contribution in [0.3, 0.4) is 0 Å². The van der Waals surface area contributed by atoms with E-state index < -0.39 is 47.8 Å². The second-order valence-electron chi connectivity index (χ2n) is 10.3. The molecule has 1 atom stereocenters. The SMILES string of the molecule is CCCC(C)(CNC(=O)c1c(C)nc2c(OCc3c(F)cccc3F)cc(C(F)F)cn12)NC(=O)OCc1ccccc1. The van der Waals surface area contributed by atoms with Crippen LogP contribution in [0.2, 0.25) is 0 Å². The second-order valence-corrected chi connectivity index (χ2v) is 10.3. The van der Waals surface area contributed by atoms with Crippen molar-refractivity contribution < 1.29 is 36.6 Å². The number of nitrogens with one attached hydrogen (secondary N) is 2. The van der Waals surface area contributed by atoms with E-state index in [9.17, 15) is 27.2 Å².